The highest BCUT2D eigenvalue weighted by Crippen LogP contribution is 2.38. The van der Waals surface area contributed by atoms with Gasteiger partial charge in [-0.15, -0.1) is 0 Å². The number of hydrogen-bond donors (Lipinski definition) is 1. The van der Waals surface area contributed by atoms with E-state index in [1.807, 2.05) is 12.1 Å². The zero-order valence-corrected chi connectivity index (χ0v) is 23.1. The van der Waals surface area contributed by atoms with Gasteiger partial charge in [-0.05, 0) is 43.2 Å². The molecule has 11 nitrogen and oxygen atoms in total. The number of ether oxygens (including phenoxy) is 2. The molecule has 2 saturated heterocycles. The molecule has 3 fully saturated rings. The van der Waals surface area contributed by atoms with Crippen molar-refractivity contribution >= 4 is 28.6 Å². The van der Waals surface area contributed by atoms with Crippen LogP contribution in [0, 0.1) is 11.8 Å². The summed E-state index contributed by atoms with van der Waals surface area (Å²) in [5.74, 6) is 1.78. The van der Waals surface area contributed by atoms with Gasteiger partial charge in [0.25, 0.3) is 0 Å². The lowest BCUT2D eigenvalue weighted by atomic mass is 9.83. The maximum atomic E-state index is 11.8. The minimum Gasteiger partial charge on any atom is -0.379 e. The van der Waals surface area contributed by atoms with Crippen molar-refractivity contribution in [1.29, 1.82) is 0 Å². The molecule has 12 heteroatoms. The third-order valence-corrected chi connectivity index (χ3v) is 8.73. The molecule has 4 aromatic heterocycles. The van der Waals surface area contributed by atoms with Crippen LogP contribution in [-0.4, -0.2) is 68.2 Å². The van der Waals surface area contributed by atoms with Gasteiger partial charge in [-0.2, -0.15) is 0 Å². The monoisotopic (exact) mass is 565 g/mol. The molecule has 1 N–H and O–H groups in total. The third kappa shape index (κ3) is 4.80. The number of rotatable bonds is 5. The molecule has 2 aliphatic heterocycles. The molecule has 2 unspecified atom stereocenters. The summed E-state index contributed by atoms with van der Waals surface area (Å²) in [5.41, 5.74) is 3.56. The Morgan fingerprint density at radius 1 is 1.10 bits per heavy atom. The van der Waals surface area contributed by atoms with Crippen LogP contribution in [0.4, 0.5) is 5.95 Å². The van der Waals surface area contributed by atoms with E-state index in [0.717, 1.165) is 48.0 Å². The zero-order chi connectivity index (χ0) is 27.2. The number of nitrogens with zero attached hydrogens (tertiary/aromatic N) is 6. The van der Waals surface area contributed by atoms with Crippen LogP contribution in [0.25, 0.3) is 33.8 Å². The highest BCUT2D eigenvalue weighted by atomic mass is 35.5. The van der Waals surface area contributed by atoms with Crippen LogP contribution in [0.2, 0.25) is 5.02 Å². The molecular weight excluding hydrogens is 534 g/mol. The van der Waals surface area contributed by atoms with Crippen LogP contribution in [0.5, 0.6) is 0 Å². The first kappa shape index (κ1) is 25.7. The fourth-order valence-electron chi connectivity index (χ4n) is 6.42. The first-order chi connectivity index (χ1) is 19.5. The van der Waals surface area contributed by atoms with E-state index >= 15 is 0 Å². The van der Waals surface area contributed by atoms with Gasteiger partial charge in [0.05, 0.1) is 47.1 Å². The Hall–Kier alpha value is -3.28. The Balaban J connectivity index is 1.44. The molecule has 0 amide bonds. The predicted molar refractivity (Wildman–Crippen MR) is 149 cm³/mol. The number of aromatic amines is 1. The van der Waals surface area contributed by atoms with E-state index in [0.29, 0.717) is 42.1 Å². The second-order valence-electron chi connectivity index (χ2n) is 11.2. The lowest BCUT2D eigenvalue weighted by molar-refractivity contribution is -0.0659. The molecule has 2 atom stereocenters. The van der Waals surface area contributed by atoms with E-state index < -0.39 is 5.76 Å². The first-order valence-electron chi connectivity index (χ1n) is 14.1. The normalized spacial score (nSPS) is 25.3. The molecule has 3 aliphatic rings. The van der Waals surface area contributed by atoms with Crippen LogP contribution in [0.3, 0.4) is 0 Å². The van der Waals surface area contributed by atoms with Gasteiger partial charge in [0.1, 0.15) is 5.69 Å². The van der Waals surface area contributed by atoms with Crippen molar-refractivity contribution in [3.8, 4) is 22.8 Å². The summed E-state index contributed by atoms with van der Waals surface area (Å²) in [6.07, 6.45) is 9.15. The van der Waals surface area contributed by atoms with E-state index in [9.17, 15) is 4.79 Å². The smallest absolute Gasteiger partial charge is 0.379 e. The molecule has 210 valence electrons. The van der Waals surface area contributed by atoms with Crippen molar-refractivity contribution in [2.75, 3.05) is 31.3 Å². The molecule has 6 heterocycles. The number of anilines is 1. The van der Waals surface area contributed by atoms with E-state index in [2.05, 4.69) is 31.5 Å². The second-order valence-corrected chi connectivity index (χ2v) is 11.7. The van der Waals surface area contributed by atoms with Gasteiger partial charge >= 0.3 is 5.76 Å². The van der Waals surface area contributed by atoms with Crippen LogP contribution in [0.15, 0.2) is 33.8 Å². The fraction of sp³-hybridized carbons (Fsp3) is 0.536. The maximum absolute atomic E-state index is 11.8. The minimum absolute atomic E-state index is 0.0834. The number of fused-ring (bicyclic) bond motifs is 2. The quantitative estimate of drug-likeness (QED) is 0.377. The number of nitrogens with one attached hydrogen (secondary N) is 1. The molecule has 1 saturated carbocycles. The predicted octanol–water partition coefficient (Wildman–Crippen LogP) is 4.31. The van der Waals surface area contributed by atoms with Crippen molar-refractivity contribution in [3.63, 3.8) is 0 Å². The number of H-pyrrole nitrogens is 1. The van der Waals surface area contributed by atoms with E-state index in [1.54, 1.807) is 12.4 Å². The largest absolute Gasteiger partial charge is 0.439 e. The highest BCUT2D eigenvalue weighted by Gasteiger charge is 2.38. The maximum Gasteiger partial charge on any atom is 0.439 e. The minimum atomic E-state index is -0.641. The molecule has 1 aliphatic carbocycles. The molecule has 7 rings (SSSR count). The van der Waals surface area contributed by atoms with Gasteiger partial charge in [0.2, 0.25) is 11.8 Å². The van der Waals surface area contributed by atoms with Crippen LogP contribution >= 0.6 is 11.6 Å². The summed E-state index contributed by atoms with van der Waals surface area (Å²) in [5, 5.41) is 4.40. The van der Waals surface area contributed by atoms with Crippen LogP contribution in [0.1, 0.15) is 39.0 Å². The molecule has 0 aromatic carbocycles. The first-order valence-corrected chi connectivity index (χ1v) is 14.5. The average molecular weight is 566 g/mol. The standard InChI is InChI=1S/C28H32ClN7O4/c1-16-2-4-17(5-3-16)14-36-25-20(32-27(36)35-7-9-39-23-6-8-38-15-22(23)35)11-21(26-33-28(37)40-34-26)31-24(25)18-10-19(29)13-30-12-18/h10-13,16-17,22-23H,2-9,14-15H2,1H3,(H,33,34,37). The van der Waals surface area contributed by atoms with Gasteiger partial charge in [0.15, 0.2) is 0 Å². The van der Waals surface area contributed by atoms with Gasteiger partial charge in [-0.25, -0.2) is 14.8 Å². The molecular formula is C28H32ClN7O4. The van der Waals surface area contributed by atoms with Gasteiger partial charge in [-0.1, -0.05) is 36.5 Å². The molecule has 0 bridgehead atoms. The summed E-state index contributed by atoms with van der Waals surface area (Å²) >= 11 is 6.39. The Kier molecular flexibility index (Phi) is 6.81. The number of halogens is 1. The zero-order valence-electron chi connectivity index (χ0n) is 22.4. The Bertz CT molecular complexity index is 1570. The van der Waals surface area contributed by atoms with E-state index in [-0.39, 0.29) is 18.0 Å². The molecule has 0 spiro atoms. The van der Waals surface area contributed by atoms with E-state index in [1.165, 1.54) is 25.7 Å². The van der Waals surface area contributed by atoms with Crippen LogP contribution in [-0.2, 0) is 16.0 Å². The van der Waals surface area contributed by atoms with Crippen molar-refractivity contribution in [1.82, 2.24) is 29.7 Å². The lowest BCUT2D eigenvalue weighted by Crippen LogP contribution is -2.57. The van der Waals surface area contributed by atoms with Gasteiger partial charge in [0, 0.05) is 37.7 Å². The SMILES string of the molecule is CC1CCC(Cn2c(N3CCOC4CCOCC43)nc3cc(-c4noc(=O)[nH]4)nc(-c4cncc(Cl)c4)c32)CC1. The molecule has 0 radical (unpaired) electrons. The van der Waals surface area contributed by atoms with Gasteiger partial charge < -0.3 is 18.9 Å². The summed E-state index contributed by atoms with van der Waals surface area (Å²) in [6, 6.07) is 3.80. The summed E-state index contributed by atoms with van der Waals surface area (Å²) in [4.78, 5) is 31.3. The highest BCUT2D eigenvalue weighted by molar-refractivity contribution is 6.30. The van der Waals surface area contributed by atoms with Gasteiger partial charge in [-0.3, -0.25) is 14.5 Å². The number of morpholine rings is 1. The van der Waals surface area contributed by atoms with Crippen molar-refractivity contribution in [3.05, 3.63) is 40.1 Å². The topological polar surface area (TPSA) is 124 Å². The Morgan fingerprint density at radius 2 is 1.98 bits per heavy atom. The second kappa shape index (κ2) is 10.6. The Labute approximate surface area is 235 Å². The summed E-state index contributed by atoms with van der Waals surface area (Å²) in [6.45, 7) is 5.84. The molecule has 4 aromatic rings. The molecule has 40 heavy (non-hydrogen) atoms. The number of aromatic nitrogens is 6. The lowest BCUT2D eigenvalue weighted by Gasteiger charge is -2.44. The van der Waals surface area contributed by atoms with Crippen molar-refractivity contribution in [2.45, 2.75) is 57.7 Å². The van der Waals surface area contributed by atoms with Crippen LogP contribution < -0.4 is 10.7 Å². The number of hydrogen-bond acceptors (Lipinski definition) is 9. The summed E-state index contributed by atoms with van der Waals surface area (Å²) < 4.78 is 19.2. The third-order valence-electron chi connectivity index (χ3n) is 8.53. The number of imidazole rings is 1. The van der Waals surface area contributed by atoms with Crippen molar-refractivity contribution in [2.24, 2.45) is 11.8 Å². The average Bonchev–Trinajstić information content (AvgIpc) is 3.57. The fourth-order valence-corrected chi connectivity index (χ4v) is 6.59. The van der Waals surface area contributed by atoms with Crippen molar-refractivity contribution < 1.29 is 14.0 Å². The number of pyridine rings is 2. The Morgan fingerprint density at radius 3 is 2.77 bits per heavy atom. The summed E-state index contributed by atoms with van der Waals surface area (Å²) in [7, 11) is 0. The van der Waals surface area contributed by atoms with E-state index in [4.69, 9.17) is 35.6 Å².